The Hall–Kier alpha value is -1.28. The van der Waals surface area contributed by atoms with Gasteiger partial charge >= 0.3 is 39.5 Å². The van der Waals surface area contributed by atoms with Crippen LogP contribution in [0.5, 0.6) is 0 Å². The normalized spacial score (nSPS) is 15.1. The lowest BCUT2D eigenvalue weighted by molar-refractivity contribution is -0.343. The van der Waals surface area contributed by atoms with E-state index in [1.165, 1.54) is 0 Å². The molecule has 0 rings (SSSR count). The van der Waals surface area contributed by atoms with Gasteiger partial charge in [-0.3, -0.25) is 4.79 Å². The maximum Gasteiger partial charge on any atom is 0.516 e. The number of alkyl halides is 10. The minimum absolute atomic E-state index is 0.607. The lowest BCUT2D eigenvalue weighted by atomic mass is 10.1. The van der Waals surface area contributed by atoms with Gasteiger partial charge in [0.15, 0.2) is 0 Å². The second kappa shape index (κ2) is 4.63. The van der Waals surface area contributed by atoms with E-state index >= 15 is 0 Å². The van der Waals surface area contributed by atoms with Crippen LogP contribution in [0.1, 0.15) is 0 Å². The van der Waals surface area contributed by atoms with Gasteiger partial charge in [-0.25, -0.2) is 4.72 Å². The van der Waals surface area contributed by atoms with Crippen molar-refractivity contribution < 1.29 is 57.1 Å². The number of nitrogens with one attached hydrogen (secondary N) is 1. The Morgan fingerprint density at radius 1 is 0.800 bits per heavy atom. The first-order valence-corrected chi connectivity index (χ1v) is 5.32. The summed E-state index contributed by atoms with van der Waals surface area (Å²) in [5.41, 5.74) is -6.37. The molecule has 0 saturated heterocycles. The van der Waals surface area contributed by atoms with Crippen LogP contribution in [0.15, 0.2) is 0 Å². The van der Waals surface area contributed by atoms with Crippen LogP contribution in [0.3, 0.4) is 0 Å². The van der Waals surface area contributed by atoms with Crippen molar-refractivity contribution in [1.82, 2.24) is 4.72 Å². The molecule has 0 bridgehead atoms. The van der Waals surface area contributed by atoms with Gasteiger partial charge < -0.3 is 0 Å². The van der Waals surface area contributed by atoms with Crippen LogP contribution < -0.4 is 4.72 Å². The molecule has 4 nitrogen and oxygen atoms in total. The summed E-state index contributed by atoms with van der Waals surface area (Å²) in [4.78, 5) is 10.3. The van der Waals surface area contributed by atoms with E-state index < -0.39 is 44.2 Å². The van der Waals surface area contributed by atoms with E-state index in [9.17, 15) is 57.1 Å². The van der Waals surface area contributed by atoms with E-state index in [1.807, 2.05) is 0 Å². The number of halogens is 10. The summed E-state index contributed by atoms with van der Waals surface area (Å²) >= 11 is 0. The summed E-state index contributed by atoms with van der Waals surface area (Å²) in [5.74, 6) is -17.8. The summed E-state index contributed by atoms with van der Waals surface area (Å²) in [6, 6.07) is 0. The van der Waals surface area contributed by atoms with E-state index in [1.54, 1.807) is 0 Å². The van der Waals surface area contributed by atoms with Crippen LogP contribution in [0, 0.1) is 0 Å². The number of rotatable bonds is 3. The first-order chi connectivity index (χ1) is 8.38. The molecule has 0 aliphatic carbocycles. The van der Waals surface area contributed by atoms with Crippen molar-refractivity contribution in [3.05, 3.63) is 0 Å². The molecule has 0 aliphatic rings. The van der Waals surface area contributed by atoms with E-state index in [0.29, 0.717) is 0 Å². The molecule has 15 heteroatoms. The van der Waals surface area contributed by atoms with Crippen molar-refractivity contribution in [2.75, 3.05) is 0 Å². The molecule has 0 fully saturated rings. The highest BCUT2D eigenvalue weighted by Gasteiger charge is 2.77. The van der Waals surface area contributed by atoms with Crippen molar-refractivity contribution in [3.8, 4) is 0 Å². The van der Waals surface area contributed by atoms with Crippen molar-refractivity contribution in [1.29, 1.82) is 0 Å². The molecule has 120 valence electrons. The highest BCUT2D eigenvalue weighted by molar-refractivity contribution is 7.90. The Balaban J connectivity index is 5.54. The number of carbonyl (C=O) groups excluding carboxylic acids is 1. The van der Waals surface area contributed by atoms with Gasteiger partial charge in [0.25, 0.3) is 0 Å². The highest BCUT2D eigenvalue weighted by Crippen LogP contribution is 2.46. The lowest BCUT2D eigenvalue weighted by Crippen LogP contribution is -2.60. The number of amides is 1. The zero-order valence-corrected chi connectivity index (χ0v) is 9.23. The first kappa shape index (κ1) is 18.7. The Kier molecular flexibility index (Phi) is 4.33. The molecule has 0 aromatic rings. The van der Waals surface area contributed by atoms with E-state index in [2.05, 4.69) is 0 Å². The van der Waals surface area contributed by atoms with Crippen LogP contribution in [0.2, 0.25) is 0 Å². The molecular formula is C5HF10NO3S. The number of hydrogen-bond donors (Lipinski definition) is 1. The third kappa shape index (κ3) is 3.06. The highest BCUT2D eigenvalue weighted by atomic mass is 32.2. The molecule has 0 atom stereocenters. The van der Waals surface area contributed by atoms with Crippen LogP contribution >= 0.6 is 0 Å². The summed E-state index contributed by atoms with van der Waals surface area (Å²) < 4.78 is 139. The molecule has 0 aliphatic heterocycles. The second-order valence-electron chi connectivity index (χ2n) is 3.03. The van der Waals surface area contributed by atoms with Crippen LogP contribution in [0.4, 0.5) is 43.9 Å². The van der Waals surface area contributed by atoms with Crippen molar-refractivity contribution in [2.24, 2.45) is 0 Å². The van der Waals surface area contributed by atoms with Crippen LogP contribution in [-0.4, -0.2) is 37.9 Å². The fourth-order valence-corrected chi connectivity index (χ4v) is 1.05. The first-order valence-electron chi connectivity index (χ1n) is 3.84. The standard InChI is InChI=1S/C5HF10NO3S/c6-2(7,3(8,9)4(10,11)12)1(17)16-20(18,19)5(13,14)15/h(H,16,17). The maximum absolute atomic E-state index is 12.5. The fraction of sp³-hybridized carbons (Fsp3) is 0.800. The minimum Gasteiger partial charge on any atom is -0.267 e. The summed E-state index contributed by atoms with van der Waals surface area (Å²) in [6.07, 6.45) is -7.00. The van der Waals surface area contributed by atoms with Gasteiger partial charge in [-0.15, -0.1) is 0 Å². The molecule has 1 N–H and O–H groups in total. The van der Waals surface area contributed by atoms with E-state index in [0.717, 1.165) is 0 Å². The monoisotopic (exact) mass is 345 g/mol. The summed E-state index contributed by atoms with van der Waals surface area (Å²) in [7, 11) is -6.87. The summed E-state index contributed by atoms with van der Waals surface area (Å²) in [5, 5.41) is 0. The zero-order valence-electron chi connectivity index (χ0n) is 8.41. The van der Waals surface area contributed by atoms with Crippen molar-refractivity contribution in [3.63, 3.8) is 0 Å². The average molecular weight is 345 g/mol. The van der Waals surface area contributed by atoms with Gasteiger partial charge in [0.05, 0.1) is 0 Å². The fourth-order valence-electron chi connectivity index (χ4n) is 0.565. The second-order valence-corrected chi connectivity index (χ2v) is 4.70. The Bertz CT molecular complexity index is 488. The maximum atomic E-state index is 12.5. The van der Waals surface area contributed by atoms with Gasteiger partial charge in [-0.2, -0.15) is 52.3 Å². The number of carbonyl (C=O) groups is 1. The SMILES string of the molecule is O=C(NS(=O)(=O)C(F)(F)F)C(F)(F)C(F)(F)C(F)(F)F. The molecule has 0 aromatic heterocycles. The quantitative estimate of drug-likeness (QED) is 0.794. The largest absolute Gasteiger partial charge is 0.516 e. The zero-order chi connectivity index (χ0) is 16.8. The van der Waals surface area contributed by atoms with Crippen LogP contribution in [-0.2, 0) is 14.8 Å². The van der Waals surface area contributed by atoms with Gasteiger partial charge in [0.2, 0.25) is 0 Å². The van der Waals surface area contributed by atoms with Crippen molar-refractivity contribution >= 4 is 15.9 Å². The molecule has 0 spiro atoms. The summed E-state index contributed by atoms with van der Waals surface area (Å²) in [6.45, 7) is 0. The van der Waals surface area contributed by atoms with E-state index in [4.69, 9.17) is 0 Å². The third-order valence-corrected chi connectivity index (χ3v) is 2.63. The molecule has 0 unspecified atom stereocenters. The number of sulfonamides is 1. The molecule has 0 radical (unpaired) electrons. The predicted molar refractivity (Wildman–Crippen MR) is 39.1 cm³/mol. The molecule has 20 heavy (non-hydrogen) atoms. The average Bonchev–Trinajstić information content (AvgIpc) is 2.12. The van der Waals surface area contributed by atoms with Gasteiger partial charge in [0.1, 0.15) is 0 Å². The van der Waals surface area contributed by atoms with Gasteiger partial charge in [-0.05, 0) is 0 Å². The Labute approximate surface area is 102 Å². The molecular weight excluding hydrogens is 344 g/mol. The smallest absolute Gasteiger partial charge is 0.267 e. The third-order valence-electron chi connectivity index (χ3n) is 1.57. The van der Waals surface area contributed by atoms with Gasteiger partial charge in [-0.1, -0.05) is 0 Å². The molecule has 0 aromatic carbocycles. The Morgan fingerprint density at radius 2 is 1.15 bits per heavy atom. The lowest BCUT2D eigenvalue weighted by Gasteiger charge is -2.26. The van der Waals surface area contributed by atoms with Crippen LogP contribution in [0.25, 0.3) is 0 Å². The molecule has 1 amide bonds. The molecule has 0 heterocycles. The van der Waals surface area contributed by atoms with E-state index in [-0.39, 0.29) is 0 Å². The molecule has 0 saturated carbocycles. The topological polar surface area (TPSA) is 63.2 Å². The predicted octanol–water partition coefficient (Wildman–Crippen LogP) is 1.79. The van der Waals surface area contributed by atoms with Gasteiger partial charge in [0, 0.05) is 0 Å². The Morgan fingerprint density at radius 3 is 1.40 bits per heavy atom. The number of hydrogen-bond acceptors (Lipinski definition) is 3. The minimum atomic E-state index is -7.08. The van der Waals surface area contributed by atoms with Crippen molar-refractivity contribution in [2.45, 2.75) is 23.5 Å².